The van der Waals surface area contributed by atoms with Crippen LogP contribution in [0.5, 0.6) is 0 Å². The van der Waals surface area contributed by atoms with E-state index in [1.54, 1.807) is 30.4 Å². The summed E-state index contributed by atoms with van der Waals surface area (Å²) in [6, 6.07) is 3.15. The molecule has 16 nitrogen and oxygen atoms in total. The number of anilines is 4. The Morgan fingerprint density at radius 1 is 0.912 bits per heavy atom. The third-order valence-electron chi connectivity index (χ3n) is 10.1. The number of nitrogens with one attached hydrogen (secondary N) is 4. The van der Waals surface area contributed by atoms with Gasteiger partial charge in [-0.05, 0) is 72.7 Å². The fourth-order valence-corrected chi connectivity index (χ4v) is 8.40. The van der Waals surface area contributed by atoms with E-state index in [9.17, 15) is 14.4 Å². The minimum atomic E-state index is -0.369. The van der Waals surface area contributed by atoms with Crippen molar-refractivity contribution in [2.24, 2.45) is 17.4 Å². The van der Waals surface area contributed by atoms with E-state index in [2.05, 4.69) is 61.4 Å². The van der Waals surface area contributed by atoms with E-state index >= 15 is 0 Å². The Bertz CT molecular complexity index is 2240. The van der Waals surface area contributed by atoms with Gasteiger partial charge < -0.3 is 46.6 Å². The fraction of sp³-hybridized carbons (Fsp3) is 0.487. The van der Waals surface area contributed by atoms with E-state index in [-0.39, 0.29) is 41.8 Å². The van der Waals surface area contributed by atoms with Crippen LogP contribution in [0.4, 0.5) is 22.7 Å². The number of piperidine rings is 2. The number of thioether (sulfide) groups is 1. The van der Waals surface area contributed by atoms with Gasteiger partial charge in [0.25, 0.3) is 11.5 Å². The molecule has 2 amide bonds. The van der Waals surface area contributed by atoms with Crippen LogP contribution in [0.1, 0.15) is 62.9 Å². The summed E-state index contributed by atoms with van der Waals surface area (Å²) in [5.41, 5.74) is 17.2. The van der Waals surface area contributed by atoms with E-state index < -0.39 is 0 Å². The van der Waals surface area contributed by atoms with Crippen LogP contribution in [-0.4, -0.2) is 99.8 Å². The van der Waals surface area contributed by atoms with E-state index in [1.165, 1.54) is 23.9 Å². The molecule has 0 bridgehead atoms. The molecule has 2 aliphatic heterocycles. The first-order valence-electron chi connectivity index (χ1n) is 19.5. The number of aromatic nitrogens is 6. The lowest BCUT2D eigenvalue weighted by Crippen LogP contribution is -2.43. The number of fused-ring (bicyclic) bond motifs is 2. The van der Waals surface area contributed by atoms with E-state index in [0.29, 0.717) is 23.8 Å². The van der Waals surface area contributed by atoms with Crippen molar-refractivity contribution in [1.29, 1.82) is 0 Å². The molecule has 0 radical (unpaired) electrons. The Balaban J connectivity index is 0.000000191. The number of hydrogen-bond acceptors (Lipinski definition) is 12. The van der Waals surface area contributed by atoms with Crippen molar-refractivity contribution in [3.05, 3.63) is 57.4 Å². The molecule has 8 rings (SSSR count). The summed E-state index contributed by atoms with van der Waals surface area (Å²) >= 11 is 5.28. The minimum Gasteiger partial charge on any atom is -0.375 e. The summed E-state index contributed by atoms with van der Waals surface area (Å²) in [5.74, 6) is -0.0695. The molecule has 3 fully saturated rings. The average Bonchev–Trinajstić information content (AvgIpc) is 3.81. The van der Waals surface area contributed by atoms with Crippen LogP contribution in [0.15, 0.2) is 51.1 Å². The molecule has 2 saturated heterocycles. The number of aromatic amines is 2. The Morgan fingerprint density at radius 3 is 2.11 bits per heavy atom. The van der Waals surface area contributed by atoms with Crippen LogP contribution in [0.2, 0.25) is 0 Å². The van der Waals surface area contributed by atoms with Crippen molar-refractivity contribution in [2.75, 3.05) is 66.6 Å². The predicted octanol–water partition coefficient (Wildman–Crippen LogP) is 5.30. The van der Waals surface area contributed by atoms with Crippen LogP contribution < -0.4 is 37.5 Å². The van der Waals surface area contributed by atoms with Crippen molar-refractivity contribution in [1.82, 2.24) is 29.7 Å². The van der Waals surface area contributed by atoms with Crippen LogP contribution in [0, 0.1) is 5.92 Å². The molecule has 3 aliphatic rings. The summed E-state index contributed by atoms with van der Waals surface area (Å²) < 4.78 is 7.14. The summed E-state index contributed by atoms with van der Waals surface area (Å²) in [5, 5.41) is 11.9. The van der Waals surface area contributed by atoms with Crippen LogP contribution in [-0.2, 0) is 16.1 Å². The van der Waals surface area contributed by atoms with Gasteiger partial charge in [-0.25, -0.2) is 14.6 Å². The van der Waals surface area contributed by atoms with Crippen molar-refractivity contribution in [3.63, 3.8) is 0 Å². The Labute approximate surface area is 344 Å². The maximum Gasteiger partial charge on any atom is 0.276 e. The number of carbonyl (C=O) groups excluding carboxylic acids is 2. The molecule has 1 saturated carbocycles. The number of carbonyl (C=O) groups is 2. The molecule has 2 atom stereocenters. The molecule has 1 aliphatic carbocycles. The van der Waals surface area contributed by atoms with Gasteiger partial charge in [0.05, 0.1) is 38.0 Å². The molecular formula is C39H53BrN12O4S. The molecule has 5 aromatic rings. The van der Waals surface area contributed by atoms with Crippen molar-refractivity contribution in [3.8, 4) is 0 Å². The summed E-state index contributed by atoms with van der Waals surface area (Å²) in [6.45, 7) is 7.97. The summed E-state index contributed by atoms with van der Waals surface area (Å²) in [6.07, 6.45) is 15.5. The van der Waals surface area contributed by atoms with Gasteiger partial charge in [0, 0.05) is 87.7 Å². The molecule has 57 heavy (non-hydrogen) atoms. The van der Waals surface area contributed by atoms with Crippen molar-refractivity contribution in [2.45, 2.75) is 75.9 Å². The third-order valence-corrected chi connectivity index (χ3v) is 11.4. The predicted molar refractivity (Wildman–Crippen MR) is 232 cm³/mol. The highest BCUT2D eigenvalue weighted by atomic mass is 79.9. The number of pyridine rings is 2. The average molecular weight is 866 g/mol. The number of ether oxygens (including phenoxy) is 1. The standard InChI is InChI=1S/C21H24BrN7O2.C16H23N5O2S.C2H6/c22-14-8-24-20-18(19(14)28-7-1-2-13(23)11-28)16(9-25-20)26-21(31)15-5-6-17(30)29(27-15)10-12-3-4-12;1-23-9-13(22)20-11-6-18-16-14(11)15(12(24-2)7-19-16)21-5-3-4-10(17)8-21;1-2/h5-6,8-9,12-13H,1-4,7,10-11,23H2,(H,24,25)(H,26,31);6-7,10H,3-5,8-9,17H2,1-2H3,(H,18,19)(H,20,22);1-2H3. The zero-order valence-corrected chi connectivity index (χ0v) is 35.3. The highest BCUT2D eigenvalue weighted by Gasteiger charge is 2.27. The molecule has 7 heterocycles. The lowest BCUT2D eigenvalue weighted by molar-refractivity contribution is -0.119. The molecule has 2 unspecified atom stereocenters. The number of nitrogens with zero attached hydrogens (tertiary/aromatic N) is 6. The SMILES string of the molecule is CC.COCC(=O)Nc1c[nH]c2ncc(SC)c(N3CCCC(N)C3)c12.NC1CCCN(c2c(Br)cnc3[nH]cc(NC(=O)c4ccc(=O)n(CC5CC5)n4)c23)C1. The van der Waals surface area contributed by atoms with Gasteiger partial charge in [-0.1, -0.05) is 13.8 Å². The number of hydrogen-bond donors (Lipinski definition) is 6. The van der Waals surface area contributed by atoms with Gasteiger partial charge in [0.1, 0.15) is 23.6 Å². The first-order chi connectivity index (χ1) is 27.6. The van der Waals surface area contributed by atoms with E-state index in [1.807, 2.05) is 26.3 Å². The van der Waals surface area contributed by atoms with Gasteiger partial charge in [-0.15, -0.1) is 11.8 Å². The summed E-state index contributed by atoms with van der Waals surface area (Å²) in [7, 11) is 1.50. The van der Waals surface area contributed by atoms with Crippen molar-refractivity contribution >= 4 is 84.3 Å². The van der Waals surface area contributed by atoms with Crippen LogP contribution in [0.25, 0.3) is 22.1 Å². The number of halogens is 1. The highest BCUT2D eigenvalue weighted by molar-refractivity contribution is 9.10. The largest absolute Gasteiger partial charge is 0.375 e. The zero-order valence-electron chi connectivity index (χ0n) is 32.9. The quantitative estimate of drug-likeness (QED) is 0.0987. The van der Waals surface area contributed by atoms with Gasteiger partial charge >= 0.3 is 0 Å². The van der Waals surface area contributed by atoms with Gasteiger partial charge in [0.15, 0.2) is 0 Å². The Hall–Kier alpha value is -4.49. The molecule has 8 N–H and O–H groups in total. The molecule has 306 valence electrons. The monoisotopic (exact) mass is 864 g/mol. The van der Waals surface area contributed by atoms with Crippen molar-refractivity contribution < 1.29 is 14.3 Å². The normalized spacial score (nSPS) is 18.1. The number of methoxy groups -OCH3 is 1. The second kappa shape index (κ2) is 19.3. The Kier molecular flexibility index (Phi) is 14.3. The molecule has 18 heteroatoms. The lowest BCUT2D eigenvalue weighted by Gasteiger charge is -2.34. The summed E-state index contributed by atoms with van der Waals surface area (Å²) in [4.78, 5) is 57.8. The van der Waals surface area contributed by atoms with Gasteiger partial charge in [0.2, 0.25) is 5.91 Å². The third kappa shape index (κ3) is 9.97. The first kappa shape index (κ1) is 42.1. The minimum absolute atomic E-state index is 0.0201. The fourth-order valence-electron chi connectivity index (χ4n) is 7.26. The van der Waals surface area contributed by atoms with Gasteiger partial charge in [-0.3, -0.25) is 14.4 Å². The van der Waals surface area contributed by atoms with Crippen LogP contribution in [0.3, 0.4) is 0 Å². The van der Waals surface area contributed by atoms with Gasteiger partial charge in [-0.2, -0.15) is 5.10 Å². The highest BCUT2D eigenvalue weighted by Crippen LogP contribution is 2.41. The second-order valence-corrected chi connectivity index (χ2v) is 16.0. The molecule has 0 spiro atoms. The van der Waals surface area contributed by atoms with E-state index in [0.717, 1.165) is 108 Å². The molecule has 5 aromatic heterocycles. The first-order valence-corrected chi connectivity index (χ1v) is 21.5. The number of H-pyrrole nitrogens is 2. The second-order valence-electron chi connectivity index (χ2n) is 14.3. The Morgan fingerprint density at radius 2 is 1.51 bits per heavy atom. The topological polar surface area (TPSA) is 218 Å². The van der Waals surface area contributed by atoms with Crippen LogP contribution >= 0.6 is 27.7 Å². The lowest BCUT2D eigenvalue weighted by atomic mass is 10.1. The smallest absolute Gasteiger partial charge is 0.276 e. The number of rotatable bonds is 10. The maximum absolute atomic E-state index is 13.0. The zero-order chi connectivity index (χ0) is 40.6. The maximum atomic E-state index is 13.0. The number of nitrogens with two attached hydrogens (primary N) is 2. The number of amides is 2. The molecule has 0 aromatic carbocycles. The molecular weight excluding hydrogens is 812 g/mol. The van der Waals surface area contributed by atoms with E-state index in [4.69, 9.17) is 16.2 Å².